The summed E-state index contributed by atoms with van der Waals surface area (Å²) in [6, 6.07) is 5.53. The molecular formula is C12H12BrNO. The van der Waals surface area contributed by atoms with Crippen molar-refractivity contribution in [3.63, 3.8) is 0 Å². The summed E-state index contributed by atoms with van der Waals surface area (Å²) in [5.74, 6) is 0.584. The Morgan fingerprint density at radius 2 is 2.27 bits per heavy atom. The summed E-state index contributed by atoms with van der Waals surface area (Å²) >= 11 is 3.27. The smallest absolute Gasteiger partial charge is 0.214 e. The summed E-state index contributed by atoms with van der Waals surface area (Å²) in [6.45, 7) is 7.74. The first kappa shape index (κ1) is 11.7. The molecule has 1 aromatic rings. The molecular weight excluding hydrogens is 254 g/mol. The maximum absolute atomic E-state index is 5.46. The molecule has 2 nitrogen and oxygen atoms in total. The molecule has 0 spiro atoms. The molecule has 15 heavy (non-hydrogen) atoms. The van der Waals surface area contributed by atoms with Crippen LogP contribution in [0.5, 0.6) is 5.88 Å². The standard InChI is InChI=1S/C12H12BrNO/c1-3-6-10(4-2)9-15-12-8-5-7-11(13)14-12/h3-8H,1-2,9H2/b10-6+. The average molecular weight is 266 g/mol. The summed E-state index contributed by atoms with van der Waals surface area (Å²) in [6.07, 6.45) is 5.29. The largest absolute Gasteiger partial charge is 0.473 e. The number of ether oxygens (including phenoxy) is 1. The van der Waals surface area contributed by atoms with Crippen molar-refractivity contribution in [1.82, 2.24) is 4.98 Å². The highest BCUT2D eigenvalue weighted by molar-refractivity contribution is 9.10. The van der Waals surface area contributed by atoms with Crippen LogP contribution in [0.1, 0.15) is 0 Å². The summed E-state index contributed by atoms with van der Waals surface area (Å²) in [4.78, 5) is 4.15. The number of halogens is 1. The molecule has 0 amide bonds. The van der Waals surface area contributed by atoms with Gasteiger partial charge in [-0.25, -0.2) is 4.98 Å². The molecule has 0 N–H and O–H groups in total. The lowest BCUT2D eigenvalue weighted by Crippen LogP contribution is -2.00. The highest BCUT2D eigenvalue weighted by Crippen LogP contribution is 2.12. The van der Waals surface area contributed by atoms with Crippen molar-refractivity contribution in [2.24, 2.45) is 0 Å². The van der Waals surface area contributed by atoms with Crippen LogP contribution in [0, 0.1) is 0 Å². The zero-order valence-electron chi connectivity index (χ0n) is 8.32. The lowest BCUT2D eigenvalue weighted by atomic mass is 10.2. The second kappa shape index (κ2) is 6.19. The van der Waals surface area contributed by atoms with E-state index in [1.807, 2.05) is 18.2 Å². The Labute approximate surface area is 98.1 Å². The van der Waals surface area contributed by atoms with E-state index >= 15 is 0 Å². The number of rotatable bonds is 5. The normalized spacial score (nSPS) is 10.9. The van der Waals surface area contributed by atoms with Gasteiger partial charge in [0.2, 0.25) is 5.88 Å². The minimum absolute atomic E-state index is 0.443. The molecule has 3 heteroatoms. The predicted molar refractivity (Wildman–Crippen MR) is 65.9 cm³/mol. The minimum atomic E-state index is 0.443. The number of nitrogens with zero attached hydrogens (tertiary/aromatic N) is 1. The number of hydrogen-bond acceptors (Lipinski definition) is 2. The molecule has 78 valence electrons. The van der Waals surface area contributed by atoms with Gasteiger partial charge in [-0.05, 0) is 27.6 Å². The topological polar surface area (TPSA) is 22.1 Å². The van der Waals surface area contributed by atoms with Crippen molar-refractivity contribution in [2.75, 3.05) is 6.61 Å². The molecule has 0 aliphatic rings. The van der Waals surface area contributed by atoms with Gasteiger partial charge in [0.25, 0.3) is 0 Å². The van der Waals surface area contributed by atoms with Crippen LogP contribution in [0.2, 0.25) is 0 Å². The first-order chi connectivity index (χ1) is 7.26. The van der Waals surface area contributed by atoms with E-state index in [4.69, 9.17) is 4.74 Å². The first-order valence-electron chi connectivity index (χ1n) is 4.45. The number of hydrogen-bond donors (Lipinski definition) is 0. The number of pyridine rings is 1. The molecule has 0 aromatic carbocycles. The van der Waals surface area contributed by atoms with E-state index in [2.05, 4.69) is 34.1 Å². The lowest BCUT2D eigenvalue weighted by Gasteiger charge is -2.05. The molecule has 0 saturated heterocycles. The fourth-order valence-electron chi connectivity index (χ4n) is 0.954. The third-order valence-corrected chi connectivity index (χ3v) is 2.11. The van der Waals surface area contributed by atoms with Crippen LogP contribution < -0.4 is 4.74 Å². The zero-order valence-corrected chi connectivity index (χ0v) is 9.90. The molecule has 0 saturated carbocycles. The third-order valence-electron chi connectivity index (χ3n) is 1.67. The Kier molecular flexibility index (Phi) is 4.84. The Hall–Kier alpha value is -1.35. The van der Waals surface area contributed by atoms with Gasteiger partial charge in [0.1, 0.15) is 11.2 Å². The Balaban J connectivity index is 2.60. The van der Waals surface area contributed by atoms with Crippen LogP contribution in [0.4, 0.5) is 0 Å². The monoisotopic (exact) mass is 265 g/mol. The highest BCUT2D eigenvalue weighted by atomic mass is 79.9. The molecule has 0 bridgehead atoms. The van der Waals surface area contributed by atoms with Crippen molar-refractivity contribution in [3.05, 3.63) is 59.8 Å². The second-order valence-electron chi connectivity index (χ2n) is 2.77. The second-order valence-corrected chi connectivity index (χ2v) is 3.58. The molecule has 0 radical (unpaired) electrons. The van der Waals surface area contributed by atoms with Crippen LogP contribution in [-0.4, -0.2) is 11.6 Å². The molecule has 1 rings (SSSR count). The predicted octanol–water partition coefficient (Wildman–Crippen LogP) is 3.52. The van der Waals surface area contributed by atoms with E-state index in [1.165, 1.54) is 0 Å². The summed E-state index contributed by atoms with van der Waals surface area (Å²) in [5.41, 5.74) is 0.965. The van der Waals surface area contributed by atoms with Gasteiger partial charge in [-0.15, -0.1) is 0 Å². The maximum Gasteiger partial charge on any atom is 0.214 e. The van der Waals surface area contributed by atoms with Gasteiger partial charge in [-0.1, -0.05) is 37.5 Å². The fourth-order valence-corrected chi connectivity index (χ4v) is 1.28. The van der Waals surface area contributed by atoms with Crippen LogP contribution >= 0.6 is 15.9 Å². The summed E-state index contributed by atoms with van der Waals surface area (Å²) in [7, 11) is 0. The van der Waals surface area contributed by atoms with Crippen molar-refractivity contribution < 1.29 is 4.74 Å². The van der Waals surface area contributed by atoms with Gasteiger partial charge in [0.05, 0.1) is 0 Å². The van der Waals surface area contributed by atoms with Crippen LogP contribution in [0.25, 0.3) is 0 Å². The van der Waals surface area contributed by atoms with E-state index < -0.39 is 0 Å². The van der Waals surface area contributed by atoms with Crippen molar-refractivity contribution >= 4 is 15.9 Å². The van der Waals surface area contributed by atoms with E-state index in [1.54, 1.807) is 18.2 Å². The van der Waals surface area contributed by atoms with Gasteiger partial charge in [-0.2, -0.15) is 0 Å². The molecule has 0 aliphatic carbocycles. The van der Waals surface area contributed by atoms with Crippen molar-refractivity contribution in [1.29, 1.82) is 0 Å². The number of aromatic nitrogens is 1. The van der Waals surface area contributed by atoms with Gasteiger partial charge in [0, 0.05) is 6.07 Å². The average Bonchev–Trinajstić information content (AvgIpc) is 2.24. The zero-order chi connectivity index (χ0) is 11.1. The fraction of sp³-hybridized carbons (Fsp3) is 0.0833. The molecule has 1 aromatic heterocycles. The van der Waals surface area contributed by atoms with Crippen LogP contribution in [0.3, 0.4) is 0 Å². The summed E-state index contributed by atoms with van der Waals surface area (Å²) < 4.78 is 6.22. The Morgan fingerprint density at radius 3 is 2.87 bits per heavy atom. The van der Waals surface area contributed by atoms with Crippen molar-refractivity contribution in [2.45, 2.75) is 0 Å². The first-order valence-corrected chi connectivity index (χ1v) is 5.25. The molecule has 1 heterocycles. The highest BCUT2D eigenvalue weighted by Gasteiger charge is 1.97. The number of allylic oxidation sites excluding steroid dienone is 2. The van der Waals surface area contributed by atoms with Gasteiger partial charge >= 0.3 is 0 Å². The van der Waals surface area contributed by atoms with E-state index in [-0.39, 0.29) is 0 Å². The maximum atomic E-state index is 5.46. The van der Waals surface area contributed by atoms with E-state index in [0.29, 0.717) is 12.5 Å². The Bertz CT molecular complexity index is 385. The van der Waals surface area contributed by atoms with Gasteiger partial charge < -0.3 is 4.74 Å². The third kappa shape index (κ3) is 4.13. The quantitative estimate of drug-likeness (QED) is 0.601. The SMILES string of the molecule is C=C/C=C(\C=C)COc1cccc(Br)n1. The van der Waals surface area contributed by atoms with Crippen LogP contribution in [-0.2, 0) is 0 Å². The minimum Gasteiger partial charge on any atom is -0.473 e. The van der Waals surface area contributed by atoms with Gasteiger partial charge in [0.15, 0.2) is 0 Å². The molecule has 0 aliphatic heterocycles. The van der Waals surface area contributed by atoms with Gasteiger partial charge in [-0.3, -0.25) is 0 Å². The van der Waals surface area contributed by atoms with Crippen LogP contribution in [0.15, 0.2) is 59.8 Å². The van der Waals surface area contributed by atoms with E-state index in [9.17, 15) is 0 Å². The van der Waals surface area contributed by atoms with E-state index in [0.717, 1.165) is 10.2 Å². The van der Waals surface area contributed by atoms with Crippen molar-refractivity contribution in [3.8, 4) is 5.88 Å². The Morgan fingerprint density at radius 1 is 1.47 bits per heavy atom. The molecule has 0 atom stereocenters. The molecule has 0 unspecified atom stereocenters. The summed E-state index contributed by atoms with van der Waals surface area (Å²) in [5, 5.41) is 0. The molecule has 0 fully saturated rings. The lowest BCUT2D eigenvalue weighted by molar-refractivity contribution is 0.341.